The molecule has 0 saturated heterocycles. The van der Waals surface area contributed by atoms with Crippen molar-refractivity contribution in [2.24, 2.45) is 0 Å². The molecule has 0 radical (unpaired) electrons. The van der Waals surface area contributed by atoms with Gasteiger partial charge in [-0.3, -0.25) is 0 Å². The van der Waals surface area contributed by atoms with E-state index in [1.807, 2.05) is 0 Å². The number of aryl methyl sites for hydroxylation is 1. The van der Waals surface area contributed by atoms with Crippen molar-refractivity contribution in [2.45, 2.75) is 11.8 Å². The molecule has 0 aliphatic rings. The third-order valence-electron chi connectivity index (χ3n) is 3.00. The number of hydrogen-bond donors (Lipinski definition) is 1. The van der Waals surface area contributed by atoms with Crippen LogP contribution in [0.25, 0.3) is 0 Å². The Hall–Kier alpha value is -1.22. The molecular weight excluding hydrogens is 299 g/mol. The first kappa shape index (κ1) is 17.8. The van der Waals surface area contributed by atoms with Crippen molar-refractivity contribution in [1.29, 1.82) is 0 Å². The van der Waals surface area contributed by atoms with Crippen LogP contribution in [0.1, 0.15) is 5.56 Å². The van der Waals surface area contributed by atoms with Gasteiger partial charge in [0.25, 0.3) is 0 Å². The van der Waals surface area contributed by atoms with E-state index >= 15 is 0 Å². The zero-order chi connectivity index (χ0) is 16.0. The maximum absolute atomic E-state index is 13.4. The van der Waals surface area contributed by atoms with E-state index in [1.54, 1.807) is 0 Å². The number of nitrogens with two attached hydrogens (primary N) is 1. The third kappa shape index (κ3) is 4.37. The molecule has 1 aromatic rings. The SMILES string of the molecule is COCCN(CCOC)S(=O)(=O)c1cc(N)c(F)cc1C. The van der Waals surface area contributed by atoms with Crippen molar-refractivity contribution >= 4 is 15.7 Å². The second-order valence-electron chi connectivity index (χ2n) is 4.53. The molecule has 0 heterocycles. The number of nitrogens with zero attached hydrogens (tertiary/aromatic N) is 1. The summed E-state index contributed by atoms with van der Waals surface area (Å²) in [5.41, 5.74) is 5.59. The molecule has 0 saturated carbocycles. The minimum Gasteiger partial charge on any atom is -0.396 e. The summed E-state index contributed by atoms with van der Waals surface area (Å²) in [5, 5.41) is 0. The van der Waals surface area contributed by atoms with Gasteiger partial charge in [-0.15, -0.1) is 0 Å². The average Bonchev–Trinajstić information content (AvgIpc) is 2.42. The van der Waals surface area contributed by atoms with Gasteiger partial charge in [0.15, 0.2) is 0 Å². The lowest BCUT2D eigenvalue weighted by atomic mass is 10.2. The summed E-state index contributed by atoms with van der Waals surface area (Å²) in [5.74, 6) is -0.633. The maximum Gasteiger partial charge on any atom is 0.243 e. The largest absolute Gasteiger partial charge is 0.396 e. The molecule has 1 aromatic carbocycles. The van der Waals surface area contributed by atoms with E-state index in [2.05, 4.69) is 0 Å². The Balaban J connectivity index is 3.18. The van der Waals surface area contributed by atoms with Gasteiger partial charge in [0.2, 0.25) is 10.0 Å². The second kappa shape index (κ2) is 7.69. The Morgan fingerprint density at radius 3 is 2.19 bits per heavy atom. The number of halogens is 1. The molecule has 8 heteroatoms. The molecular formula is C13H21FN2O4S. The number of benzene rings is 1. The summed E-state index contributed by atoms with van der Waals surface area (Å²) in [6, 6.07) is 2.26. The number of sulfonamides is 1. The quantitative estimate of drug-likeness (QED) is 0.723. The van der Waals surface area contributed by atoms with E-state index < -0.39 is 15.8 Å². The van der Waals surface area contributed by atoms with E-state index in [-0.39, 0.29) is 36.9 Å². The molecule has 0 aliphatic heterocycles. The molecule has 6 nitrogen and oxygen atoms in total. The van der Waals surface area contributed by atoms with Crippen molar-refractivity contribution in [3.63, 3.8) is 0 Å². The standard InChI is InChI=1S/C13H21FN2O4S/c1-10-8-11(14)12(15)9-13(10)21(17,18)16(4-6-19-2)5-7-20-3/h8-9H,4-7,15H2,1-3H3. The van der Waals surface area contributed by atoms with Gasteiger partial charge in [0.1, 0.15) is 5.82 Å². The minimum atomic E-state index is -3.79. The number of methoxy groups -OCH3 is 2. The van der Waals surface area contributed by atoms with Crippen LogP contribution in [0, 0.1) is 12.7 Å². The minimum absolute atomic E-state index is 0.00592. The van der Waals surface area contributed by atoms with Crippen molar-refractivity contribution < 1.29 is 22.3 Å². The van der Waals surface area contributed by atoms with Crippen LogP contribution in [-0.2, 0) is 19.5 Å². The summed E-state index contributed by atoms with van der Waals surface area (Å²) in [7, 11) is -0.812. The lowest BCUT2D eigenvalue weighted by Crippen LogP contribution is -2.36. The van der Waals surface area contributed by atoms with Crippen LogP contribution in [0.15, 0.2) is 17.0 Å². The summed E-state index contributed by atoms with van der Waals surface area (Å²) in [4.78, 5) is -0.00592. The van der Waals surface area contributed by atoms with Crippen molar-refractivity contribution in [2.75, 3.05) is 46.3 Å². The molecule has 120 valence electrons. The van der Waals surface area contributed by atoms with Crippen LogP contribution in [0.2, 0.25) is 0 Å². The lowest BCUT2D eigenvalue weighted by molar-refractivity contribution is 0.150. The highest BCUT2D eigenvalue weighted by molar-refractivity contribution is 7.89. The number of hydrogen-bond acceptors (Lipinski definition) is 5. The normalized spacial score (nSPS) is 12.0. The molecule has 1 rings (SSSR count). The fourth-order valence-electron chi connectivity index (χ4n) is 1.82. The molecule has 0 aromatic heterocycles. The van der Waals surface area contributed by atoms with Gasteiger partial charge in [0, 0.05) is 27.3 Å². The number of nitrogen functional groups attached to an aromatic ring is 1. The van der Waals surface area contributed by atoms with Crippen LogP contribution in [0.4, 0.5) is 10.1 Å². The number of ether oxygens (including phenoxy) is 2. The maximum atomic E-state index is 13.4. The van der Waals surface area contributed by atoms with Crippen LogP contribution in [0.3, 0.4) is 0 Å². The smallest absolute Gasteiger partial charge is 0.243 e. The lowest BCUT2D eigenvalue weighted by Gasteiger charge is -2.22. The highest BCUT2D eigenvalue weighted by Crippen LogP contribution is 2.24. The molecule has 0 bridgehead atoms. The fourth-order valence-corrected chi connectivity index (χ4v) is 3.47. The van der Waals surface area contributed by atoms with E-state index in [0.29, 0.717) is 5.56 Å². The highest BCUT2D eigenvalue weighted by Gasteiger charge is 2.26. The van der Waals surface area contributed by atoms with E-state index in [4.69, 9.17) is 15.2 Å². The van der Waals surface area contributed by atoms with E-state index in [1.165, 1.54) is 25.4 Å². The van der Waals surface area contributed by atoms with Crippen LogP contribution >= 0.6 is 0 Å². The van der Waals surface area contributed by atoms with Gasteiger partial charge < -0.3 is 15.2 Å². The van der Waals surface area contributed by atoms with Gasteiger partial charge in [-0.05, 0) is 24.6 Å². The predicted octanol–water partition coefficient (Wildman–Crippen LogP) is 1.000. The molecule has 0 spiro atoms. The number of anilines is 1. The van der Waals surface area contributed by atoms with Gasteiger partial charge in [-0.25, -0.2) is 12.8 Å². The molecule has 0 atom stereocenters. The van der Waals surface area contributed by atoms with Gasteiger partial charge in [0.05, 0.1) is 23.8 Å². The van der Waals surface area contributed by atoms with E-state index in [9.17, 15) is 12.8 Å². The Morgan fingerprint density at radius 1 is 1.19 bits per heavy atom. The Labute approximate surface area is 124 Å². The molecule has 0 unspecified atom stereocenters. The molecule has 21 heavy (non-hydrogen) atoms. The second-order valence-corrected chi connectivity index (χ2v) is 6.44. The van der Waals surface area contributed by atoms with E-state index in [0.717, 1.165) is 12.1 Å². The average molecular weight is 320 g/mol. The summed E-state index contributed by atoms with van der Waals surface area (Å²) in [6.07, 6.45) is 0. The first-order valence-corrected chi connectivity index (χ1v) is 7.82. The van der Waals surface area contributed by atoms with Crippen molar-refractivity contribution in [3.8, 4) is 0 Å². The third-order valence-corrected chi connectivity index (χ3v) is 5.04. The molecule has 0 aliphatic carbocycles. The molecule has 2 N–H and O–H groups in total. The fraction of sp³-hybridized carbons (Fsp3) is 0.538. The number of rotatable bonds is 8. The first-order chi connectivity index (χ1) is 9.84. The molecule has 0 fully saturated rings. The monoisotopic (exact) mass is 320 g/mol. The van der Waals surface area contributed by atoms with Crippen molar-refractivity contribution in [3.05, 3.63) is 23.5 Å². The van der Waals surface area contributed by atoms with Crippen LogP contribution < -0.4 is 5.73 Å². The predicted molar refractivity (Wildman–Crippen MR) is 78.1 cm³/mol. The van der Waals surface area contributed by atoms with Gasteiger partial charge in [-0.2, -0.15) is 4.31 Å². The molecule has 0 amide bonds. The Kier molecular flexibility index (Phi) is 6.53. The summed E-state index contributed by atoms with van der Waals surface area (Å²) in [6.45, 7) is 2.38. The van der Waals surface area contributed by atoms with Gasteiger partial charge in [-0.1, -0.05) is 0 Å². The zero-order valence-corrected chi connectivity index (χ0v) is 13.2. The first-order valence-electron chi connectivity index (χ1n) is 6.38. The zero-order valence-electron chi connectivity index (χ0n) is 12.4. The Bertz CT molecular complexity index is 570. The summed E-state index contributed by atoms with van der Waals surface area (Å²) >= 11 is 0. The van der Waals surface area contributed by atoms with Gasteiger partial charge >= 0.3 is 0 Å². The van der Waals surface area contributed by atoms with Crippen molar-refractivity contribution in [1.82, 2.24) is 4.31 Å². The highest BCUT2D eigenvalue weighted by atomic mass is 32.2. The topological polar surface area (TPSA) is 81.9 Å². The van der Waals surface area contributed by atoms with Crippen LogP contribution in [0.5, 0.6) is 0 Å². The Morgan fingerprint density at radius 2 is 1.71 bits per heavy atom. The summed E-state index contributed by atoms with van der Waals surface area (Å²) < 4.78 is 49.8. The van der Waals surface area contributed by atoms with Crippen LogP contribution in [-0.4, -0.2) is 53.2 Å².